The second-order valence-corrected chi connectivity index (χ2v) is 5.78. The van der Waals surface area contributed by atoms with Gasteiger partial charge in [-0.15, -0.1) is 11.3 Å². The van der Waals surface area contributed by atoms with Gasteiger partial charge in [-0.05, 0) is 23.1 Å². The van der Waals surface area contributed by atoms with Crippen LogP contribution >= 0.6 is 23.1 Å². The maximum Gasteiger partial charge on any atom is 0.104 e. The highest BCUT2D eigenvalue weighted by molar-refractivity contribution is 7.98. The Labute approximate surface area is 106 Å². The number of thioether (sulfide) groups is 1. The summed E-state index contributed by atoms with van der Waals surface area (Å²) in [7, 11) is 0. The SMILES string of the molecule is CCC(C)CSCc1sccc1C#CCO. The van der Waals surface area contributed by atoms with Crippen LogP contribution in [0.2, 0.25) is 0 Å². The van der Waals surface area contributed by atoms with E-state index in [-0.39, 0.29) is 6.61 Å². The zero-order chi connectivity index (χ0) is 11.8. The molecule has 0 bridgehead atoms. The summed E-state index contributed by atoms with van der Waals surface area (Å²) < 4.78 is 0. The molecule has 1 N–H and O–H groups in total. The zero-order valence-corrected chi connectivity index (χ0v) is 11.5. The fourth-order valence-corrected chi connectivity index (χ4v) is 3.40. The maximum atomic E-state index is 8.66. The fraction of sp³-hybridized carbons (Fsp3) is 0.538. The number of hydrogen-bond donors (Lipinski definition) is 1. The molecular weight excluding hydrogens is 236 g/mol. The van der Waals surface area contributed by atoms with E-state index >= 15 is 0 Å². The Morgan fingerprint density at radius 3 is 3.06 bits per heavy atom. The molecule has 1 aromatic rings. The molecule has 0 saturated carbocycles. The predicted octanol–water partition coefficient (Wildman–Crippen LogP) is 3.37. The third-order valence-electron chi connectivity index (χ3n) is 2.38. The zero-order valence-electron chi connectivity index (χ0n) is 9.82. The van der Waals surface area contributed by atoms with Crippen LogP contribution in [0.3, 0.4) is 0 Å². The smallest absolute Gasteiger partial charge is 0.104 e. The van der Waals surface area contributed by atoms with Gasteiger partial charge in [-0.25, -0.2) is 0 Å². The van der Waals surface area contributed by atoms with E-state index in [0.717, 1.165) is 17.2 Å². The molecule has 0 saturated heterocycles. The van der Waals surface area contributed by atoms with Gasteiger partial charge in [0, 0.05) is 16.2 Å². The van der Waals surface area contributed by atoms with Gasteiger partial charge >= 0.3 is 0 Å². The van der Waals surface area contributed by atoms with E-state index in [4.69, 9.17) is 5.11 Å². The lowest BCUT2D eigenvalue weighted by atomic mass is 10.2. The van der Waals surface area contributed by atoms with Crippen molar-refractivity contribution in [2.45, 2.75) is 26.0 Å². The standard InChI is InChI=1S/C13H18OS2/c1-3-11(2)9-15-10-13-12(5-4-7-14)6-8-16-13/h6,8,11,14H,3,7,9-10H2,1-2H3. The number of hydrogen-bond acceptors (Lipinski definition) is 3. The first-order valence-corrected chi connectivity index (χ1v) is 7.55. The number of aliphatic hydroxyl groups is 1. The molecule has 0 aliphatic carbocycles. The first kappa shape index (κ1) is 13.6. The molecule has 88 valence electrons. The quantitative estimate of drug-likeness (QED) is 0.813. The van der Waals surface area contributed by atoms with E-state index in [1.807, 2.05) is 17.8 Å². The minimum Gasteiger partial charge on any atom is -0.384 e. The Morgan fingerprint density at radius 2 is 2.38 bits per heavy atom. The van der Waals surface area contributed by atoms with Crippen LogP contribution < -0.4 is 0 Å². The van der Waals surface area contributed by atoms with Gasteiger partial charge in [0.2, 0.25) is 0 Å². The van der Waals surface area contributed by atoms with Crippen molar-refractivity contribution in [2.75, 3.05) is 12.4 Å². The summed E-state index contributed by atoms with van der Waals surface area (Å²) >= 11 is 3.73. The van der Waals surface area contributed by atoms with Crippen molar-refractivity contribution in [1.29, 1.82) is 0 Å². The molecule has 0 radical (unpaired) electrons. The summed E-state index contributed by atoms with van der Waals surface area (Å²) in [4.78, 5) is 1.33. The molecule has 0 aromatic carbocycles. The predicted molar refractivity (Wildman–Crippen MR) is 73.9 cm³/mol. The lowest BCUT2D eigenvalue weighted by Crippen LogP contribution is -1.95. The number of aliphatic hydroxyl groups excluding tert-OH is 1. The van der Waals surface area contributed by atoms with E-state index in [2.05, 4.69) is 31.1 Å². The van der Waals surface area contributed by atoms with Crippen molar-refractivity contribution in [2.24, 2.45) is 5.92 Å². The van der Waals surface area contributed by atoms with Crippen LogP contribution in [0.25, 0.3) is 0 Å². The van der Waals surface area contributed by atoms with Crippen LogP contribution in [0, 0.1) is 17.8 Å². The van der Waals surface area contributed by atoms with Gasteiger partial charge in [-0.1, -0.05) is 32.1 Å². The Morgan fingerprint density at radius 1 is 1.56 bits per heavy atom. The van der Waals surface area contributed by atoms with E-state index < -0.39 is 0 Å². The van der Waals surface area contributed by atoms with Crippen LogP contribution in [0.5, 0.6) is 0 Å². The van der Waals surface area contributed by atoms with Crippen LogP contribution in [0.15, 0.2) is 11.4 Å². The lowest BCUT2D eigenvalue weighted by molar-refractivity contribution is 0.350. The second-order valence-electron chi connectivity index (χ2n) is 3.75. The molecule has 1 rings (SSSR count). The first-order valence-electron chi connectivity index (χ1n) is 5.51. The molecule has 16 heavy (non-hydrogen) atoms. The van der Waals surface area contributed by atoms with E-state index in [1.54, 1.807) is 11.3 Å². The minimum atomic E-state index is -0.0602. The molecule has 1 unspecified atom stereocenters. The van der Waals surface area contributed by atoms with Gasteiger partial charge in [0.1, 0.15) is 6.61 Å². The van der Waals surface area contributed by atoms with Gasteiger partial charge in [0.05, 0.1) is 0 Å². The van der Waals surface area contributed by atoms with E-state index in [9.17, 15) is 0 Å². The average molecular weight is 254 g/mol. The molecular formula is C13H18OS2. The topological polar surface area (TPSA) is 20.2 Å². The maximum absolute atomic E-state index is 8.66. The molecule has 1 aromatic heterocycles. The normalized spacial score (nSPS) is 11.9. The van der Waals surface area contributed by atoms with Gasteiger partial charge in [0.15, 0.2) is 0 Å². The second kappa shape index (κ2) is 7.78. The summed E-state index contributed by atoms with van der Waals surface area (Å²) in [5.74, 6) is 8.73. The summed E-state index contributed by atoms with van der Waals surface area (Å²) in [5.41, 5.74) is 1.08. The highest BCUT2D eigenvalue weighted by atomic mass is 32.2. The van der Waals surface area contributed by atoms with Crippen molar-refractivity contribution >= 4 is 23.1 Å². The van der Waals surface area contributed by atoms with Crippen LogP contribution in [-0.4, -0.2) is 17.5 Å². The third-order valence-corrected chi connectivity index (χ3v) is 4.78. The number of thiophene rings is 1. The van der Waals surface area contributed by atoms with Crippen LogP contribution in [0.4, 0.5) is 0 Å². The van der Waals surface area contributed by atoms with Gasteiger partial charge < -0.3 is 5.11 Å². The van der Waals surface area contributed by atoms with Crippen molar-refractivity contribution < 1.29 is 5.11 Å². The molecule has 1 heterocycles. The monoisotopic (exact) mass is 254 g/mol. The summed E-state index contributed by atoms with van der Waals surface area (Å²) in [6.45, 7) is 4.46. The highest BCUT2D eigenvalue weighted by Gasteiger charge is 2.04. The summed E-state index contributed by atoms with van der Waals surface area (Å²) in [5, 5.41) is 10.7. The van der Waals surface area contributed by atoms with Gasteiger partial charge in [0.25, 0.3) is 0 Å². The minimum absolute atomic E-state index is 0.0602. The molecule has 0 fully saturated rings. The van der Waals surface area contributed by atoms with Gasteiger partial charge in [-0.2, -0.15) is 11.8 Å². The van der Waals surface area contributed by atoms with Gasteiger partial charge in [-0.3, -0.25) is 0 Å². The molecule has 0 spiro atoms. The van der Waals surface area contributed by atoms with Crippen molar-refractivity contribution in [3.8, 4) is 11.8 Å². The Balaban J connectivity index is 2.44. The molecule has 3 heteroatoms. The van der Waals surface area contributed by atoms with Crippen molar-refractivity contribution in [3.05, 3.63) is 21.9 Å². The molecule has 0 aliphatic heterocycles. The first-order chi connectivity index (χ1) is 7.77. The van der Waals surface area contributed by atoms with Crippen LogP contribution in [0.1, 0.15) is 30.7 Å². The Hall–Kier alpha value is -0.430. The van der Waals surface area contributed by atoms with E-state index in [1.165, 1.54) is 17.1 Å². The lowest BCUT2D eigenvalue weighted by Gasteiger charge is -2.06. The summed E-state index contributed by atoms with van der Waals surface area (Å²) in [6.07, 6.45) is 1.24. The average Bonchev–Trinajstić information content (AvgIpc) is 2.73. The molecule has 1 nitrogen and oxygen atoms in total. The molecule has 0 amide bonds. The molecule has 0 aliphatic rings. The summed E-state index contributed by atoms with van der Waals surface area (Å²) in [6, 6.07) is 2.03. The largest absolute Gasteiger partial charge is 0.384 e. The van der Waals surface area contributed by atoms with Crippen molar-refractivity contribution in [1.82, 2.24) is 0 Å². The van der Waals surface area contributed by atoms with Crippen molar-refractivity contribution in [3.63, 3.8) is 0 Å². The number of rotatable bonds is 5. The highest BCUT2D eigenvalue weighted by Crippen LogP contribution is 2.23. The Kier molecular flexibility index (Phi) is 6.63. The van der Waals surface area contributed by atoms with E-state index in [0.29, 0.717) is 0 Å². The Bertz CT molecular complexity index is 359. The van der Waals surface area contributed by atoms with Crippen LogP contribution in [-0.2, 0) is 5.75 Å². The molecule has 1 atom stereocenters. The third kappa shape index (κ3) is 4.61. The fourth-order valence-electron chi connectivity index (χ4n) is 1.17.